The lowest BCUT2D eigenvalue weighted by molar-refractivity contribution is -0.113. The Balaban J connectivity index is 1.59. The Bertz CT molecular complexity index is 1070. The van der Waals surface area contributed by atoms with Crippen molar-refractivity contribution in [3.05, 3.63) is 63.9 Å². The van der Waals surface area contributed by atoms with Gasteiger partial charge in [-0.1, -0.05) is 29.4 Å². The van der Waals surface area contributed by atoms with Crippen molar-refractivity contribution in [1.29, 1.82) is 0 Å². The highest BCUT2D eigenvalue weighted by atomic mass is 35.5. The Morgan fingerprint density at radius 3 is 2.60 bits per heavy atom. The number of amides is 1. The molecule has 1 N–H and O–H groups in total. The third-order valence-corrected chi connectivity index (χ3v) is 6.24. The van der Waals surface area contributed by atoms with Crippen LogP contribution < -0.4 is 10.1 Å². The van der Waals surface area contributed by atoms with Gasteiger partial charge in [-0.15, -0.1) is 10.2 Å². The Morgan fingerprint density at radius 2 is 1.90 bits per heavy atom. The van der Waals surface area contributed by atoms with Crippen LogP contribution in [0.1, 0.15) is 35.5 Å². The molecule has 0 aliphatic carbocycles. The summed E-state index contributed by atoms with van der Waals surface area (Å²) in [5, 5.41) is 12.7. The number of nitrogens with zero attached hydrogens (tertiary/aromatic N) is 3. The lowest BCUT2D eigenvalue weighted by Crippen LogP contribution is -2.15. The van der Waals surface area contributed by atoms with E-state index in [4.69, 9.17) is 16.3 Å². The molecule has 8 heteroatoms. The summed E-state index contributed by atoms with van der Waals surface area (Å²) in [7, 11) is 1.87. The van der Waals surface area contributed by atoms with Gasteiger partial charge in [-0.3, -0.25) is 4.79 Å². The number of anilines is 1. The molecule has 1 amide bonds. The fourth-order valence-corrected chi connectivity index (χ4v) is 3.74. The van der Waals surface area contributed by atoms with Crippen LogP contribution in [-0.4, -0.2) is 26.4 Å². The smallest absolute Gasteiger partial charge is 0.234 e. The van der Waals surface area contributed by atoms with E-state index in [1.807, 2.05) is 75.7 Å². The average Bonchev–Trinajstić information content (AvgIpc) is 3.06. The number of carbonyl (C=O) groups is 1. The van der Waals surface area contributed by atoms with Gasteiger partial charge in [0.25, 0.3) is 0 Å². The van der Waals surface area contributed by atoms with Crippen LogP contribution in [-0.2, 0) is 11.8 Å². The van der Waals surface area contributed by atoms with Gasteiger partial charge in [-0.05, 0) is 74.7 Å². The number of benzene rings is 2. The molecule has 0 fully saturated rings. The summed E-state index contributed by atoms with van der Waals surface area (Å²) in [6, 6.07) is 11.4. The number of aromatic nitrogens is 3. The molecule has 0 bridgehead atoms. The first kappa shape index (κ1) is 22.2. The molecule has 158 valence electrons. The van der Waals surface area contributed by atoms with Crippen molar-refractivity contribution >= 4 is 35.0 Å². The largest absolute Gasteiger partial charge is 0.483 e. The Hall–Kier alpha value is -2.51. The van der Waals surface area contributed by atoms with Crippen molar-refractivity contribution in [3.8, 4) is 5.75 Å². The molecule has 2 aromatic carbocycles. The maximum atomic E-state index is 12.3. The number of carbonyl (C=O) groups excluding carboxylic acids is 1. The maximum absolute atomic E-state index is 12.3. The van der Waals surface area contributed by atoms with E-state index in [0.29, 0.717) is 16.0 Å². The number of thioether (sulfide) groups is 1. The predicted octanol–water partition coefficient (Wildman–Crippen LogP) is 5.26. The molecule has 3 rings (SSSR count). The number of aryl methyl sites for hydroxylation is 3. The zero-order valence-corrected chi connectivity index (χ0v) is 19.3. The highest BCUT2D eigenvalue weighted by Gasteiger charge is 2.18. The first-order valence-electron chi connectivity index (χ1n) is 9.56. The van der Waals surface area contributed by atoms with Crippen molar-refractivity contribution < 1.29 is 9.53 Å². The number of rotatable bonds is 7. The third-order valence-electron chi connectivity index (χ3n) is 4.80. The molecule has 0 saturated carbocycles. The molecule has 0 aliphatic heterocycles. The minimum Gasteiger partial charge on any atom is -0.483 e. The maximum Gasteiger partial charge on any atom is 0.234 e. The summed E-state index contributed by atoms with van der Waals surface area (Å²) in [5.74, 6) is 1.55. The minimum absolute atomic E-state index is 0.0891. The van der Waals surface area contributed by atoms with Gasteiger partial charge in [0.1, 0.15) is 5.75 Å². The van der Waals surface area contributed by atoms with Gasteiger partial charge in [0.15, 0.2) is 17.1 Å². The fraction of sp³-hybridized carbons (Fsp3) is 0.318. The van der Waals surface area contributed by atoms with E-state index in [9.17, 15) is 4.79 Å². The molecule has 0 saturated heterocycles. The zero-order valence-electron chi connectivity index (χ0n) is 17.7. The van der Waals surface area contributed by atoms with Crippen molar-refractivity contribution in [1.82, 2.24) is 14.8 Å². The summed E-state index contributed by atoms with van der Waals surface area (Å²) in [6.45, 7) is 7.91. The number of ether oxygens (including phenoxy) is 1. The third kappa shape index (κ3) is 5.34. The highest BCUT2D eigenvalue weighted by molar-refractivity contribution is 7.99. The lowest BCUT2D eigenvalue weighted by atomic mass is 10.1. The standard InChI is InChI=1S/C22H25ClN4O2S/c1-13-6-7-17(10-14(13)2)24-20(28)12-30-22-26-25-21(27(22)5)16(4)29-18-8-9-19(23)15(3)11-18/h6-11,16H,12H2,1-5H3,(H,24,28). The van der Waals surface area contributed by atoms with Crippen LogP contribution in [0.3, 0.4) is 0 Å². The molecular formula is C22H25ClN4O2S. The summed E-state index contributed by atoms with van der Waals surface area (Å²) in [6.07, 6.45) is -0.304. The predicted molar refractivity (Wildman–Crippen MR) is 122 cm³/mol. The van der Waals surface area contributed by atoms with Crippen LogP contribution >= 0.6 is 23.4 Å². The molecular weight excluding hydrogens is 420 g/mol. The minimum atomic E-state index is -0.304. The van der Waals surface area contributed by atoms with Gasteiger partial charge in [0.05, 0.1) is 5.75 Å². The second kappa shape index (κ2) is 9.53. The van der Waals surface area contributed by atoms with Gasteiger partial charge in [-0.2, -0.15) is 0 Å². The molecule has 30 heavy (non-hydrogen) atoms. The quantitative estimate of drug-likeness (QED) is 0.503. The normalized spacial score (nSPS) is 11.9. The molecule has 3 aromatic rings. The first-order chi connectivity index (χ1) is 14.2. The number of nitrogens with one attached hydrogen (secondary N) is 1. The molecule has 0 aliphatic rings. The van der Waals surface area contributed by atoms with Crippen molar-refractivity contribution in [3.63, 3.8) is 0 Å². The summed E-state index contributed by atoms with van der Waals surface area (Å²) in [5.41, 5.74) is 4.08. The van der Waals surface area contributed by atoms with E-state index >= 15 is 0 Å². The number of halogens is 1. The molecule has 1 aromatic heterocycles. The summed E-state index contributed by atoms with van der Waals surface area (Å²) < 4.78 is 7.83. The van der Waals surface area contributed by atoms with Crippen LogP contribution in [0.5, 0.6) is 5.75 Å². The van der Waals surface area contributed by atoms with E-state index in [-0.39, 0.29) is 17.8 Å². The van der Waals surface area contributed by atoms with E-state index in [1.54, 1.807) is 0 Å². The van der Waals surface area contributed by atoms with Gasteiger partial charge < -0.3 is 14.6 Å². The average molecular weight is 445 g/mol. The van der Waals surface area contributed by atoms with Crippen molar-refractivity contribution in [2.45, 2.75) is 39.0 Å². The highest BCUT2D eigenvalue weighted by Crippen LogP contribution is 2.26. The molecule has 6 nitrogen and oxygen atoms in total. The van der Waals surface area contributed by atoms with Crippen molar-refractivity contribution in [2.24, 2.45) is 7.05 Å². The lowest BCUT2D eigenvalue weighted by Gasteiger charge is -2.15. The molecule has 1 heterocycles. The first-order valence-corrected chi connectivity index (χ1v) is 10.9. The topological polar surface area (TPSA) is 69.0 Å². The molecule has 0 spiro atoms. The molecule has 1 unspecified atom stereocenters. The van der Waals surface area contributed by atoms with Crippen LogP contribution in [0.2, 0.25) is 5.02 Å². The van der Waals surface area contributed by atoms with E-state index in [2.05, 4.69) is 15.5 Å². The molecule has 1 atom stereocenters. The SMILES string of the molecule is Cc1ccc(NC(=O)CSc2nnc(C(C)Oc3ccc(Cl)c(C)c3)n2C)cc1C. The van der Waals surface area contributed by atoms with Gasteiger partial charge >= 0.3 is 0 Å². The molecule has 0 radical (unpaired) electrons. The van der Waals surface area contributed by atoms with Crippen LogP contribution in [0.4, 0.5) is 5.69 Å². The van der Waals surface area contributed by atoms with Gasteiger partial charge in [0, 0.05) is 17.8 Å². The second-order valence-corrected chi connectivity index (χ2v) is 8.56. The monoisotopic (exact) mass is 444 g/mol. The van der Waals surface area contributed by atoms with E-state index < -0.39 is 0 Å². The van der Waals surface area contributed by atoms with Gasteiger partial charge in [-0.25, -0.2) is 0 Å². The number of hydrogen-bond donors (Lipinski definition) is 1. The summed E-state index contributed by atoms with van der Waals surface area (Å²) >= 11 is 7.41. The Morgan fingerprint density at radius 1 is 1.13 bits per heavy atom. The second-order valence-electron chi connectivity index (χ2n) is 7.21. The number of hydrogen-bond acceptors (Lipinski definition) is 5. The van der Waals surface area contributed by atoms with Crippen molar-refractivity contribution in [2.75, 3.05) is 11.1 Å². The van der Waals surface area contributed by atoms with Crippen LogP contribution in [0.15, 0.2) is 41.6 Å². The zero-order chi connectivity index (χ0) is 21.8. The van der Waals surface area contributed by atoms with E-state index in [0.717, 1.165) is 22.6 Å². The van der Waals surface area contributed by atoms with E-state index in [1.165, 1.54) is 17.3 Å². The summed E-state index contributed by atoms with van der Waals surface area (Å²) in [4.78, 5) is 12.3. The Kier molecular flexibility index (Phi) is 7.05. The fourth-order valence-electron chi connectivity index (χ4n) is 2.90. The van der Waals surface area contributed by atoms with Crippen LogP contribution in [0, 0.1) is 20.8 Å². The van der Waals surface area contributed by atoms with Gasteiger partial charge in [0.2, 0.25) is 5.91 Å². The van der Waals surface area contributed by atoms with Crippen LogP contribution in [0.25, 0.3) is 0 Å². The Labute approximate surface area is 186 Å².